The highest BCUT2D eigenvalue weighted by molar-refractivity contribution is 5.92. The number of amides is 1. The molecule has 0 unspecified atom stereocenters. The van der Waals surface area contributed by atoms with Gasteiger partial charge in [0.05, 0.1) is 13.0 Å². The van der Waals surface area contributed by atoms with E-state index in [9.17, 15) is 9.59 Å². The number of nitrogens with zero attached hydrogens (tertiary/aromatic N) is 1. The molecule has 18 heavy (non-hydrogen) atoms. The quantitative estimate of drug-likeness (QED) is 0.463. The van der Waals surface area contributed by atoms with Crippen LogP contribution < -0.4 is 27.3 Å². The third-order valence-corrected chi connectivity index (χ3v) is 2.25. The lowest BCUT2D eigenvalue weighted by molar-refractivity contribution is -0.697. The van der Waals surface area contributed by atoms with Gasteiger partial charge in [-0.15, -0.1) is 0 Å². The van der Waals surface area contributed by atoms with E-state index in [2.05, 4.69) is 0 Å². The van der Waals surface area contributed by atoms with E-state index in [-0.39, 0.29) is 23.0 Å². The molecule has 0 aliphatic heterocycles. The first-order valence-electron chi connectivity index (χ1n) is 5.58. The summed E-state index contributed by atoms with van der Waals surface area (Å²) in [6.07, 6.45) is 4.55. The Hall–Kier alpha value is -1.43. The van der Waals surface area contributed by atoms with E-state index in [4.69, 9.17) is 10.5 Å². The molecular weight excluding hydrogens is 300 g/mol. The molecule has 0 saturated carbocycles. The van der Waals surface area contributed by atoms with Crippen LogP contribution in [0.2, 0.25) is 0 Å². The number of hydrogen-bond acceptors (Lipinski definition) is 3. The number of primary amides is 1. The third-order valence-electron chi connectivity index (χ3n) is 2.25. The maximum atomic E-state index is 11.1. The van der Waals surface area contributed by atoms with Crippen molar-refractivity contribution in [2.24, 2.45) is 5.73 Å². The summed E-state index contributed by atoms with van der Waals surface area (Å²) < 4.78 is 6.65. The van der Waals surface area contributed by atoms with E-state index >= 15 is 0 Å². The fourth-order valence-corrected chi connectivity index (χ4v) is 1.45. The summed E-state index contributed by atoms with van der Waals surface area (Å²) in [5.74, 6) is -0.649. The first-order chi connectivity index (χ1) is 8.13. The van der Waals surface area contributed by atoms with Crippen LogP contribution in [0, 0.1) is 0 Å². The number of halogens is 1. The molecule has 0 radical (unpaired) electrons. The van der Waals surface area contributed by atoms with Crippen molar-refractivity contribution in [3.63, 3.8) is 0 Å². The molecule has 6 heteroatoms. The predicted octanol–water partition coefficient (Wildman–Crippen LogP) is -2.58. The largest absolute Gasteiger partial charge is 1.00 e. The second-order valence-electron chi connectivity index (χ2n) is 3.60. The first-order valence-corrected chi connectivity index (χ1v) is 5.58. The van der Waals surface area contributed by atoms with Crippen LogP contribution in [0.1, 0.15) is 30.1 Å². The molecule has 1 rings (SSSR count). The predicted molar refractivity (Wildman–Crippen MR) is 61.0 cm³/mol. The minimum absolute atomic E-state index is 0. The Morgan fingerprint density at radius 3 is 2.78 bits per heavy atom. The first kappa shape index (κ1) is 16.6. The second kappa shape index (κ2) is 8.63. The zero-order valence-electron chi connectivity index (χ0n) is 10.3. The number of rotatable bonds is 6. The fourth-order valence-electron chi connectivity index (χ4n) is 1.45. The van der Waals surface area contributed by atoms with E-state index in [1.165, 1.54) is 0 Å². The SMILES string of the molecule is CCOC(=O)CCC[n+]1cccc(C(N)=O)c1.[Br-]. The van der Waals surface area contributed by atoms with Crippen molar-refractivity contribution < 1.29 is 35.9 Å². The maximum Gasteiger partial charge on any atom is 0.306 e. The summed E-state index contributed by atoms with van der Waals surface area (Å²) in [4.78, 5) is 22.1. The van der Waals surface area contributed by atoms with Crippen molar-refractivity contribution in [1.29, 1.82) is 0 Å². The summed E-state index contributed by atoms with van der Waals surface area (Å²) in [6, 6.07) is 3.41. The van der Waals surface area contributed by atoms with Gasteiger partial charge < -0.3 is 27.5 Å². The number of carbonyl (C=O) groups excluding carboxylic acids is 2. The van der Waals surface area contributed by atoms with Gasteiger partial charge in [-0.25, -0.2) is 4.57 Å². The molecule has 0 bridgehead atoms. The zero-order chi connectivity index (χ0) is 12.7. The summed E-state index contributed by atoms with van der Waals surface area (Å²) in [6.45, 7) is 2.84. The molecule has 0 aromatic carbocycles. The minimum Gasteiger partial charge on any atom is -1.00 e. The van der Waals surface area contributed by atoms with Crippen LogP contribution in [0.15, 0.2) is 24.5 Å². The van der Waals surface area contributed by atoms with Crippen molar-refractivity contribution in [2.45, 2.75) is 26.3 Å². The van der Waals surface area contributed by atoms with Crippen molar-refractivity contribution in [1.82, 2.24) is 0 Å². The van der Waals surface area contributed by atoms with E-state index in [1.54, 1.807) is 25.3 Å². The zero-order valence-corrected chi connectivity index (χ0v) is 11.9. The van der Waals surface area contributed by atoms with Crippen LogP contribution >= 0.6 is 0 Å². The summed E-state index contributed by atoms with van der Waals surface area (Å²) >= 11 is 0. The molecule has 0 saturated heterocycles. The van der Waals surface area contributed by atoms with E-state index < -0.39 is 5.91 Å². The highest BCUT2D eigenvalue weighted by atomic mass is 79.9. The Kier molecular flexibility index (Phi) is 7.94. The molecule has 0 spiro atoms. The van der Waals surface area contributed by atoms with Gasteiger partial charge in [0.2, 0.25) is 0 Å². The van der Waals surface area contributed by atoms with Crippen molar-refractivity contribution >= 4 is 11.9 Å². The molecule has 1 aromatic rings. The second-order valence-corrected chi connectivity index (χ2v) is 3.60. The van der Waals surface area contributed by atoms with Gasteiger partial charge in [-0.2, -0.15) is 0 Å². The van der Waals surface area contributed by atoms with E-state index in [1.807, 2.05) is 10.8 Å². The van der Waals surface area contributed by atoms with Gasteiger partial charge in [-0.3, -0.25) is 9.59 Å². The lowest BCUT2D eigenvalue weighted by Crippen LogP contribution is -3.00. The number of aromatic nitrogens is 1. The van der Waals surface area contributed by atoms with Crippen LogP contribution in [0.5, 0.6) is 0 Å². The summed E-state index contributed by atoms with van der Waals surface area (Å²) in [5.41, 5.74) is 5.63. The van der Waals surface area contributed by atoms with E-state index in [0.717, 1.165) is 0 Å². The van der Waals surface area contributed by atoms with E-state index in [0.29, 0.717) is 31.6 Å². The summed E-state index contributed by atoms with van der Waals surface area (Å²) in [7, 11) is 0. The normalized spacial score (nSPS) is 9.39. The van der Waals surface area contributed by atoms with Crippen molar-refractivity contribution in [3.8, 4) is 0 Å². The molecular formula is C12H17BrN2O3. The molecule has 100 valence electrons. The minimum atomic E-state index is -0.454. The highest BCUT2D eigenvalue weighted by Gasteiger charge is 2.08. The number of hydrogen-bond donors (Lipinski definition) is 1. The maximum absolute atomic E-state index is 11.1. The Labute approximate surface area is 117 Å². The topological polar surface area (TPSA) is 73.3 Å². The highest BCUT2D eigenvalue weighted by Crippen LogP contribution is 1.95. The van der Waals surface area contributed by atoms with Gasteiger partial charge in [0, 0.05) is 12.5 Å². The van der Waals surface area contributed by atoms with Crippen LogP contribution in [0.4, 0.5) is 0 Å². The average Bonchev–Trinajstić information content (AvgIpc) is 2.30. The van der Waals surface area contributed by atoms with Crippen LogP contribution in [0.25, 0.3) is 0 Å². The molecule has 1 heterocycles. The van der Waals surface area contributed by atoms with Crippen LogP contribution in [-0.4, -0.2) is 18.5 Å². The molecule has 1 amide bonds. The molecule has 0 aliphatic rings. The third kappa shape index (κ3) is 5.77. The molecule has 0 atom stereocenters. The number of pyridine rings is 1. The molecule has 2 N–H and O–H groups in total. The number of ether oxygens (including phenoxy) is 1. The Morgan fingerprint density at radius 2 is 2.17 bits per heavy atom. The number of esters is 1. The lowest BCUT2D eigenvalue weighted by atomic mass is 10.2. The average molecular weight is 317 g/mol. The van der Waals surface area contributed by atoms with Crippen molar-refractivity contribution in [2.75, 3.05) is 6.61 Å². The van der Waals surface area contributed by atoms with Crippen LogP contribution in [0.3, 0.4) is 0 Å². The van der Waals surface area contributed by atoms with Gasteiger partial charge in [0.25, 0.3) is 5.91 Å². The molecule has 1 aromatic heterocycles. The van der Waals surface area contributed by atoms with Crippen molar-refractivity contribution in [3.05, 3.63) is 30.1 Å². The lowest BCUT2D eigenvalue weighted by Gasteiger charge is -2.00. The van der Waals surface area contributed by atoms with Crippen LogP contribution in [-0.2, 0) is 16.1 Å². The monoisotopic (exact) mass is 316 g/mol. The molecule has 0 fully saturated rings. The fraction of sp³-hybridized carbons (Fsp3) is 0.417. The smallest absolute Gasteiger partial charge is 0.306 e. The Balaban J connectivity index is 0.00000289. The number of nitrogens with two attached hydrogens (primary N) is 1. The number of carbonyl (C=O) groups is 2. The van der Waals surface area contributed by atoms with Gasteiger partial charge in [0.1, 0.15) is 12.1 Å². The van der Waals surface area contributed by atoms with Gasteiger partial charge in [-0.1, -0.05) is 0 Å². The molecule has 0 aliphatic carbocycles. The summed E-state index contributed by atoms with van der Waals surface area (Å²) in [5, 5.41) is 0. The Morgan fingerprint density at radius 1 is 1.44 bits per heavy atom. The van der Waals surface area contributed by atoms with Gasteiger partial charge in [0.15, 0.2) is 12.4 Å². The Bertz CT molecular complexity index is 410. The standard InChI is InChI=1S/C12H16N2O3.BrH/c1-2-17-11(15)6-4-8-14-7-3-5-10(9-14)12(13)16;/h3,5,7,9H,2,4,6,8H2,1H3,(H-,13,16);1H. The van der Waals surface area contributed by atoms with Gasteiger partial charge >= 0.3 is 5.97 Å². The van der Waals surface area contributed by atoms with Gasteiger partial charge in [-0.05, 0) is 13.0 Å². The number of aryl methyl sites for hydroxylation is 1. The molecule has 5 nitrogen and oxygen atoms in total.